The van der Waals surface area contributed by atoms with E-state index in [1.165, 1.54) is 6.42 Å². The molecule has 0 aliphatic carbocycles. The molecule has 4 nitrogen and oxygen atoms in total. The molecule has 2 atom stereocenters. The molecule has 1 fully saturated rings. The Kier molecular flexibility index (Phi) is 4.10. The van der Waals surface area contributed by atoms with E-state index in [9.17, 15) is 4.79 Å². The minimum Gasteiger partial charge on any atom is -0.333 e. The number of nitrogens with one attached hydrogen (secondary N) is 1. The fourth-order valence-electron chi connectivity index (χ4n) is 2.95. The van der Waals surface area contributed by atoms with Gasteiger partial charge in [-0.1, -0.05) is 0 Å². The Morgan fingerprint density at radius 1 is 1.32 bits per heavy atom. The Morgan fingerprint density at radius 2 is 1.95 bits per heavy atom. The van der Waals surface area contributed by atoms with Crippen LogP contribution < -0.4 is 11.3 Å². The number of aryl methyl sites for hydroxylation is 1. The summed E-state index contributed by atoms with van der Waals surface area (Å²) in [7, 11) is 0. The first kappa shape index (κ1) is 13.9. The molecule has 0 radical (unpaired) electrons. The van der Waals surface area contributed by atoms with Gasteiger partial charge in [-0.15, -0.1) is 0 Å². The number of nitrogen functional groups attached to an aromatic ring is 1. The lowest BCUT2D eigenvalue weighted by Crippen LogP contribution is -2.47. The number of hydrogen-bond acceptors (Lipinski definition) is 3. The van der Waals surface area contributed by atoms with Crippen molar-refractivity contribution in [3.63, 3.8) is 0 Å². The molecule has 0 unspecified atom stereocenters. The predicted molar refractivity (Wildman–Crippen MR) is 77.9 cm³/mol. The van der Waals surface area contributed by atoms with E-state index in [1.807, 2.05) is 30.0 Å². The molecular weight excluding hydrogens is 238 g/mol. The standard InChI is InChI=1S/C15H23N3O/c1-10-9-13(17-16)7-8-14(10)15(19)18-11(2)5-4-6-12(18)3/h7-9,11-12,17H,4-6,16H2,1-3H3/t11-,12+. The lowest BCUT2D eigenvalue weighted by Gasteiger charge is -2.39. The monoisotopic (exact) mass is 261 g/mol. The molecule has 0 bridgehead atoms. The minimum absolute atomic E-state index is 0.140. The second-order valence-corrected chi connectivity index (χ2v) is 5.52. The SMILES string of the molecule is Cc1cc(NN)ccc1C(=O)N1[C@H](C)CCC[C@@H]1C. The highest BCUT2D eigenvalue weighted by molar-refractivity contribution is 5.96. The number of benzene rings is 1. The molecule has 1 aromatic rings. The zero-order valence-corrected chi connectivity index (χ0v) is 11.9. The Labute approximate surface area is 114 Å². The van der Waals surface area contributed by atoms with Crippen LogP contribution in [0.25, 0.3) is 0 Å². The van der Waals surface area contributed by atoms with Crippen molar-refractivity contribution in [2.24, 2.45) is 5.84 Å². The molecule has 4 heteroatoms. The van der Waals surface area contributed by atoms with Gasteiger partial charge < -0.3 is 10.3 Å². The van der Waals surface area contributed by atoms with Gasteiger partial charge >= 0.3 is 0 Å². The Hall–Kier alpha value is -1.55. The van der Waals surface area contributed by atoms with Gasteiger partial charge in [-0.3, -0.25) is 10.6 Å². The molecule has 1 aromatic carbocycles. The van der Waals surface area contributed by atoms with E-state index in [0.29, 0.717) is 12.1 Å². The summed E-state index contributed by atoms with van der Waals surface area (Å²) < 4.78 is 0. The highest BCUT2D eigenvalue weighted by Crippen LogP contribution is 2.26. The van der Waals surface area contributed by atoms with E-state index in [-0.39, 0.29) is 5.91 Å². The van der Waals surface area contributed by atoms with Crippen LogP contribution in [-0.2, 0) is 0 Å². The molecule has 2 rings (SSSR count). The maximum Gasteiger partial charge on any atom is 0.254 e. The van der Waals surface area contributed by atoms with Crippen LogP contribution in [0.2, 0.25) is 0 Å². The molecule has 1 aliphatic rings. The summed E-state index contributed by atoms with van der Waals surface area (Å²) in [6.45, 7) is 6.23. The topological polar surface area (TPSA) is 58.4 Å². The summed E-state index contributed by atoms with van der Waals surface area (Å²) in [6, 6.07) is 6.26. The van der Waals surface area contributed by atoms with Crippen molar-refractivity contribution in [1.29, 1.82) is 0 Å². The van der Waals surface area contributed by atoms with E-state index < -0.39 is 0 Å². The molecule has 19 heavy (non-hydrogen) atoms. The third-order valence-corrected chi connectivity index (χ3v) is 4.05. The number of nitrogens with zero attached hydrogens (tertiary/aromatic N) is 1. The zero-order valence-electron chi connectivity index (χ0n) is 11.9. The summed E-state index contributed by atoms with van der Waals surface area (Å²) in [5.74, 6) is 5.53. The molecule has 1 saturated heterocycles. The summed E-state index contributed by atoms with van der Waals surface area (Å²) in [5, 5.41) is 0. The van der Waals surface area contributed by atoms with E-state index >= 15 is 0 Å². The van der Waals surface area contributed by atoms with Crippen LogP contribution in [0.15, 0.2) is 18.2 Å². The van der Waals surface area contributed by atoms with Crippen LogP contribution in [0.1, 0.15) is 49.0 Å². The van der Waals surface area contributed by atoms with Gasteiger partial charge in [-0.2, -0.15) is 0 Å². The normalized spacial score (nSPS) is 23.3. The number of hydrogen-bond donors (Lipinski definition) is 2. The molecule has 0 aromatic heterocycles. The van der Waals surface area contributed by atoms with Gasteiger partial charge in [0.25, 0.3) is 5.91 Å². The molecule has 1 heterocycles. The van der Waals surface area contributed by atoms with Gasteiger partial charge in [-0.05, 0) is 63.8 Å². The number of amides is 1. The van der Waals surface area contributed by atoms with Crippen LogP contribution in [0.5, 0.6) is 0 Å². The van der Waals surface area contributed by atoms with E-state index in [2.05, 4.69) is 19.3 Å². The number of hydrazine groups is 1. The third-order valence-electron chi connectivity index (χ3n) is 4.05. The summed E-state index contributed by atoms with van der Waals surface area (Å²) in [4.78, 5) is 14.7. The van der Waals surface area contributed by atoms with Crippen LogP contribution in [0.4, 0.5) is 5.69 Å². The number of piperidine rings is 1. The van der Waals surface area contributed by atoms with E-state index in [1.54, 1.807) is 0 Å². The van der Waals surface area contributed by atoms with Crippen molar-refractivity contribution < 1.29 is 4.79 Å². The van der Waals surface area contributed by atoms with Crippen molar-refractivity contribution in [3.8, 4) is 0 Å². The molecule has 1 amide bonds. The first-order valence-electron chi connectivity index (χ1n) is 6.94. The maximum absolute atomic E-state index is 12.7. The first-order chi connectivity index (χ1) is 9.04. The number of carbonyl (C=O) groups excluding carboxylic acids is 1. The van der Waals surface area contributed by atoms with Crippen molar-refractivity contribution in [2.75, 3.05) is 5.43 Å². The first-order valence-corrected chi connectivity index (χ1v) is 6.94. The number of anilines is 1. The number of carbonyl (C=O) groups is 1. The molecule has 3 N–H and O–H groups in total. The average Bonchev–Trinajstić information content (AvgIpc) is 2.38. The van der Waals surface area contributed by atoms with Crippen molar-refractivity contribution in [1.82, 2.24) is 4.90 Å². The van der Waals surface area contributed by atoms with Crippen molar-refractivity contribution in [2.45, 2.75) is 52.1 Å². The van der Waals surface area contributed by atoms with Crippen LogP contribution in [-0.4, -0.2) is 22.9 Å². The largest absolute Gasteiger partial charge is 0.333 e. The van der Waals surface area contributed by atoms with Gasteiger partial charge in [0.15, 0.2) is 0 Å². The van der Waals surface area contributed by atoms with Gasteiger partial charge in [-0.25, -0.2) is 0 Å². The Balaban J connectivity index is 2.28. The van der Waals surface area contributed by atoms with Gasteiger partial charge in [0.05, 0.1) is 0 Å². The van der Waals surface area contributed by atoms with Crippen molar-refractivity contribution >= 4 is 11.6 Å². The molecular formula is C15H23N3O. The maximum atomic E-state index is 12.7. The zero-order chi connectivity index (χ0) is 14.0. The third kappa shape index (κ3) is 2.73. The summed E-state index contributed by atoms with van der Waals surface area (Å²) in [6.07, 6.45) is 3.40. The molecule has 0 spiro atoms. The average molecular weight is 261 g/mol. The Morgan fingerprint density at radius 3 is 2.47 bits per heavy atom. The molecule has 104 valence electrons. The van der Waals surface area contributed by atoms with E-state index in [0.717, 1.165) is 29.7 Å². The summed E-state index contributed by atoms with van der Waals surface area (Å²) >= 11 is 0. The molecule has 0 saturated carbocycles. The second-order valence-electron chi connectivity index (χ2n) is 5.52. The van der Waals surface area contributed by atoms with Gasteiger partial charge in [0.1, 0.15) is 0 Å². The van der Waals surface area contributed by atoms with Crippen LogP contribution in [0.3, 0.4) is 0 Å². The highest BCUT2D eigenvalue weighted by atomic mass is 16.2. The second kappa shape index (κ2) is 5.61. The predicted octanol–water partition coefficient (Wildman–Crippen LogP) is 2.68. The van der Waals surface area contributed by atoms with Gasteiger partial charge in [0.2, 0.25) is 0 Å². The van der Waals surface area contributed by atoms with Crippen LogP contribution in [0, 0.1) is 6.92 Å². The number of likely N-dealkylation sites (tertiary alicyclic amines) is 1. The Bertz CT molecular complexity index is 462. The lowest BCUT2D eigenvalue weighted by molar-refractivity contribution is 0.0510. The minimum atomic E-state index is 0.140. The smallest absolute Gasteiger partial charge is 0.254 e. The number of rotatable bonds is 2. The highest BCUT2D eigenvalue weighted by Gasteiger charge is 2.30. The van der Waals surface area contributed by atoms with Gasteiger partial charge in [0, 0.05) is 23.3 Å². The quantitative estimate of drug-likeness (QED) is 0.635. The van der Waals surface area contributed by atoms with Crippen LogP contribution >= 0.6 is 0 Å². The molecule has 1 aliphatic heterocycles. The number of nitrogens with two attached hydrogens (primary N) is 1. The fraction of sp³-hybridized carbons (Fsp3) is 0.533. The lowest BCUT2D eigenvalue weighted by atomic mass is 9.95. The van der Waals surface area contributed by atoms with E-state index in [4.69, 9.17) is 5.84 Å². The van der Waals surface area contributed by atoms with Crippen molar-refractivity contribution in [3.05, 3.63) is 29.3 Å². The fourth-order valence-corrected chi connectivity index (χ4v) is 2.95. The summed E-state index contributed by atoms with van der Waals surface area (Å²) in [5.41, 5.74) is 5.17.